The van der Waals surface area contributed by atoms with Gasteiger partial charge >= 0.3 is 0 Å². The van der Waals surface area contributed by atoms with Crippen molar-refractivity contribution >= 4 is 22.3 Å². The second-order valence-electron chi connectivity index (χ2n) is 6.56. The first kappa shape index (κ1) is 18.0. The summed E-state index contributed by atoms with van der Waals surface area (Å²) < 4.78 is 18.7. The van der Waals surface area contributed by atoms with Gasteiger partial charge < -0.3 is 15.4 Å². The van der Waals surface area contributed by atoms with E-state index in [2.05, 4.69) is 26.7 Å². The van der Waals surface area contributed by atoms with Crippen LogP contribution >= 0.6 is 11.3 Å². The molecule has 140 valence electrons. The first-order chi connectivity index (χ1) is 13.3. The molecule has 2 aromatic heterocycles. The minimum absolute atomic E-state index is 0.239. The lowest BCUT2D eigenvalue weighted by molar-refractivity contribution is 0.123. The minimum atomic E-state index is -0.239. The molecule has 1 saturated heterocycles. The number of benzene rings is 1. The van der Waals surface area contributed by atoms with Crippen molar-refractivity contribution in [3.63, 3.8) is 0 Å². The van der Waals surface area contributed by atoms with Crippen molar-refractivity contribution in [2.45, 2.75) is 6.42 Å². The van der Waals surface area contributed by atoms with Gasteiger partial charge in [-0.15, -0.1) is 0 Å². The molecule has 0 spiro atoms. The Morgan fingerprint density at radius 1 is 1.15 bits per heavy atom. The van der Waals surface area contributed by atoms with Gasteiger partial charge in [0.05, 0.1) is 18.1 Å². The van der Waals surface area contributed by atoms with Crippen LogP contribution in [-0.2, 0) is 11.2 Å². The molecule has 1 aliphatic heterocycles. The zero-order valence-corrected chi connectivity index (χ0v) is 15.6. The first-order valence-corrected chi connectivity index (χ1v) is 9.80. The zero-order valence-electron chi connectivity index (χ0n) is 14.8. The Labute approximate surface area is 161 Å². The number of rotatable bonds is 5. The van der Waals surface area contributed by atoms with E-state index in [0.717, 1.165) is 54.1 Å². The van der Waals surface area contributed by atoms with Crippen molar-refractivity contribution in [3.8, 4) is 10.4 Å². The Morgan fingerprint density at radius 3 is 2.85 bits per heavy atom. The highest BCUT2D eigenvalue weighted by atomic mass is 32.1. The van der Waals surface area contributed by atoms with E-state index in [1.54, 1.807) is 18.3 Å². The number of hydrogen-bond acceptors (Lipinski definition) is 6. The number of halogens is 1. The summed E-state index contributed by atoms with van der Waals surface area (Å²) in [6.07, 6.45) is 4.64. The number of nitrogens with one attached hydrogen (secondary N) is 2. The van der Waals surface area contributed by atoms with Crippen molar-refractivity contribution in [2.75, 3.05) is 31.6 Å². The number of nitrogens with zero attached hydrogens (tertiary/aromatic N) is 2. The molecular weight excluding hydrogens is 363 g/mol. The van der Waals surface area contributed by atoms with Crippen molar-refractivity contribution < 1.29 is 9.13 Å². The topological polar surface area (TPSA) is 59.1 Å². The van der Waals surface area contributed by atoms with Gasteiger partial charge in [-0.25, -0.2) is 14.4 Å². The van der Waals surface area contributed by atoms with Gasteiger partial charge in [-0.1, -0.05) is 29.5 Å². The summed E-state index contributed by atoms with van der Waals surface area (Å²) in [7, 11) is 0. The van der Waals surface area contributed by atoms with Crippen LogP contribution in [0, 0.1) is 11.7 Å². The Morgan fingerprint density at radius 2 is 2.04 bits per heavy atom. The van der Waals surface area contributed by atoms with Crippen LogP contribution < -0.4 is 10.6 Å². The SMILES string of the molecule is Fc1ccc(-c2cnc(Nc3ccc(CC4CNCCOC4)cn3)s2)cc1. The normalized spacial score (nSPS) is 17.4. The smallest absolute Gasteiger partial charge is 0.188 e. The summed E-state index contributed by atoms with van der Waals surface area (Å²) in [5.41, 5.74) is 2.15. The maximum atomic E-state index is 13.1. The van der Waals surface area contributed by atoms with Gasteiger partial charge in [-0.05, 0) is 41.7 Å². The van der Waals surface area contributed by atoms with E-state index >= 15 is 0 Å². The molecule has 1 atom stereocenters. The highest BCUT2D eigenvalue weighted by Gasteiger charge is 2.13. The molecule has 7 heteroatoms. The van der Waals surface area contributed by atoms with Gasteiger partial charge in [0.15, 0.2) is 5.13 Å². The predicted molar refractivity (Wildman–Crippen MR) is 106 cm³/mol. The van der Waals surface area contributed by atoms with E-state index in [1.165, 1.54) is 29.0 Å². The Balaban J connectivity index is 1.37. The van der Waals surface area contributed by atoms with E-state index < -0.39 is 0 Å². The van der Waals surface area contributed by atoms with Crippen molar-refractivity contribution in [1.82, 2.24) is 15.3 Å². The lowest BCUT2D eigenvalue weighted by Gasteiger charge is -2.13. The molecule has 3 aromatic rings. The molecule has 1 aromatic carbocycles. The Kier molecular flexibility index (Phi) is 5.72. The zero-order chi connectivity index (χ0) is 18.5. The van der Waals surface area contributed by atoms with Crippen LogP contribution in [0.5, 0.6) is 0 Å². The fraction of sp³-hybridized carbons (Fsp3) is 0.300. The third-order valence-electron chi connectivity index (χ3n) is 4.43. The molecule has 1 fully saturated rings. The Hall–Kier alpha value is -2.35. The first-order valence-electron chi connectivity index (χ1n) is 8.98. The molecular formula is C20H21FN4OS. The molecule has 3 heterocycles. The van der Waals surface area contributed by atoms with Crippen LogP contribution in [0.25, 0.3) is 10.4 Å². The number of ether oxygens (including phenoxy) is 1. The van der Waals surface area contributed by atoms with Crippen molar-refractivity contribution in [3.05, 3.63) is 60.2 Å². The van der Waals surface area contributed by atoms with E-state index in [-0.39, 0.29) is 5.82 Å². The van der Waals surface area contributed by atoms with Gasteiger partial charge in [0.2, 0.25) is 0 Å². The molecule has 0 aliphatic carbocycles. The fourth-order valence-electron chi connectivity index (χ4n) is 3.03. The number of thiazole rings is 1. The van der Waals surface area contributed by atoms with Crippen LogP contribution in [0.15, 0.2) is 48.8 Å². The molecule has 0 bridgehead atoms. The van der Waals surface area contributed by atoms with Crippen molar-refractivity contribution in [1.29, 1.82) is 0 Å². The number of hydrogen-bond donors (Lipinski definition) is 2. The van der Waals surface area contributed by atoms with E-state index in [4.69, 9.17) is 4.74 Å². The second-order valence-corrected chi connectivity index (χ2v) is 7.59. The summed E-state index contributed by atoms with van der Waals surface area (Å²) in [6, 6.07) is 10.5. The third-order valence-corrected chi connectivity index (χ3v) is 5.39. The van der Waals surface area contributed by atoms with Crippen LogP contribution in [0.3, 0.4) is 0 Å². The van der Waals surface area contributed by atoms with Gasteiger partial charge in [0, 0.05) is 25.5 Å². The quantitative estimate of drug-likeness (QED) is 0.699. The maximum Gasteiger partial charge on any atom is 0.188 e. The largest absolute Gasteiger partial charge is 0.380 e. The molecule has 5 nitrogen and oxygen atoms in total. The highest BCUT2D eigenvalue weighted by molar-refractivity contribution is 7.18. The van der Waals surface area contributed by atoms with E-state index in [9.17, 15) is 4.39 Å². The molecule has 27 heavy (non-hydrogen) atoms. The fourth-order valence-corrected chi connectivity index (χ4v) is 3.86. The third kappa shape index (κ3) is 4.88. The average Bonchev–Trinajstić information content (AvgIpc) is 2.99. The van der Waals surface area contributed by atoms with E-state index in [1.807, 2.05) is 12.3 Å². The second kappa shape index (κ2) is 8.56. The molecule has 0 radical (unpaired) electrons. The van der Waals surface area contributed by atoms with E-state index in [0.29, 0.717) is 5.92 Å². The van der Waals surface area contributed by atoms with Crippen LogP contribution in [0.4, 0.5) is 15.3 Å². The molecule has 0 saturated carbocycles. The number of anilines is 2. The summed E-state index contributed by atoms with van der Waals surface area (Å²) in [5.74, 6) is 0.997. The molecule has 1 aliphatic rings. The van der Waals surface area contributed by atoms with Gasteiger partial charge in [-0.2, -0.15) is 0 Å². The number of pyridine rings is 1. The van der Waals surface area contributed by atoms with Crippen LogP contribution in [0.2, 0.25) is 0 Å². The summed E-state index contributed by atoms with van der Waals surface area (Å²) in [6.45, 7) is 3.47. The van der Waals surface area contributed by atoms with Crippen molar-refractivity contribution in [2.24, 2.45) is 5.92 Å². The van der Waals surface area contributed by atoms with Gasteiger partial charge in [0.25, 0.3) is 0 Å². The molecule has 1 unspecified atom stereocenters. The number of aromatic nitrogens is 2. The van der Waals surface area contributed by atoms with Gasteiger partial charge in [-0.3, -0.25) is 0 Å². The minimum Gasteiger partial charge on any atom is -0.380 e. The molecule has 0 amide bonds. The lowest BCUT2D eigenvalue weighted by Crippen LogP contribution is -2.24. The monoisotopic (exact) mass is 384 g/mol. The average molecular weight is 384 g/mol. The standard InChI is InChI=1S/C20H21FN4OS/c21-17-4-2-16(3-5-17)18-12-24-20(27-18)25-19-6-1-14(11-23-19)9-15-10-22-7-8-26-13-15/h1-6,11-12,15,22H,7-10,13H2,(H,23,24,25). The maximum absolute atomic E-state index is 13.1. The lowest BCUT2D eigenvalue weighted by atomic mass is 10.0. The Bertz CT molecular complexity index is 858. The highest BCUT2D eigenvalue weighted by Crippen LogP contribution is 2.30. The molecule has 4 rings (SSSR count). The summed E-state index contributed by atoms with van der Waals surface area (Å²) in [4.78, 5) is 9.87. The van der Waals surface area contributed by atoms with Crippen LogP contribution in [-0.4, -0.2) is 36.3 Å². The van der Waals surface area contributed by atoms with Crippen LogP contribution in [0.1, 0.15) is 5.56 Å². The summed E-state index contributed by atoms with van der Waals surface area (Å²) >= 11 is 1.51. The van der Waals surface area contributed by atoms with Gasteiger partial charge in [0.1, 0.15) is 11.6 Å². The predicted octanol–water partition coefficient (Wildman–Crippen LogP) is 3.87. The summed E-state index contributed by atoms with van der Waals surface area (Å²) in [5, 5.41) is 7.39. The molecule has 2 N–H and O–H groups in total.